The van der Waals surface area contributed by atoms with E-state index in [1.807, 2.05) is 0 Å². The Morgan fingerprint density at radius 1 is 1.29 bits per heavy atom. The normalized spacial score (nSPS) is 10.1. The molecule has 2 aromatic rings. The van der Waals surface area contributed by atoms with E-state index in [1.54, 1.807) is 30.3 Å². The van der Waals surface area contributed by atoms with Crippen LogP contribution in [0.15, 0.2) is 41.0 Å². The van der Waals surface area contributed by atoms with Crippen LogP contribution in [0.1, 0.15) is 16.1 Å². The Hall–Kier alpha value is -2.41. The molecule has 0 bridgehead atoms. The number of aromatic nitrogens is 1. The van der Waals surface area contributed by atoms with E-state index < -0.39 is 5.97 Å². The topological polar surface area (TPSA) is 105 Å². The summed E-state index contributed by atoms with van der Waals surface area (Å²) >= 11 is 3.26. The fourth-order valence-electron chi connectivity index (χ4n) is 1.63. The number of carboxylic acid groups (broad SMARTS) is 1. The van der Waals surface area contributed by atoms with Crippen molar-refractivity contribution in [3.05, 3.63) is 52.3 Å². The summed E-state index contributed by atoms with van der Waals surface area (Å²) < 4.78 is 0.644. The third-order valence-electron chi connectivity index (χ3n) is 2.68. The van der Waals surface area contributed by atoms with Gasteiger partial charge in [-0.3, -0.25) is 14.6 Å². The average molecular weight is 350 g/mol. The van der Waals surface area contributed by atoms with Crippen molar-refractivity contribution in [2.75, 3.05) is 11.1 Å². The van der Waals surface area contributed by atoms with Crippen LogP contribution in [0, 0.1) is 0 Å². The van der Waals surface area contributed by atoms with Crippen molar-refractivity contribution in [1.82, 2.24) is 4.98 Å². The minimum atomic E-state index is -0.953. The first-order valence-corrected chi connectivity index (χ1v) is 6.78. The molecule has 4 N–H and O–H groups in total. The van der Waals surface area contributed by atoms with Crippen molar-refractivity contribution in [3.8, 4) is 0 Å². The number of carbonyl (C=O) groups excluding carboxylic acids is 1. The van der Waals surface area contributed by atoms with Crippen molar-refractivity contribution in [2.24, 2.45) is 0 Å². The molecule has 0 spiro atoms. The van der Waals surface area contributed by atoms with Crippen LogP contribution < -0.4 is 11.1 Å². The molecule has 0 aliphatic carbocycles. The zero-order valence-corrected chi connectivity index (χ0v) is 12.4. The zero-order valence-electron chi connectivity index (χ0n) is 10.8. The molecule has 0 saturated heterocycles. The summed E-state index contributed by atoms with van der Waals surface area (Å²) in [6.45, 7) is 0. The fraction of sp³-hybridized carbons (Fsp3) is 0.0714. The van der Waals surface area contributed by atoms with E-state index in [1.165, 1.54) is 6.20 Å². The highest BCUT2D eigenvalue weighted by atomic mass is 79.9. The first kappa shape index (κ1) is 15.0. The number of benzene rings is 1. The summed E-state index contributed by atoms with van der Waals surface area (Å²) in [6, 6.07) is 8.03. The molecule has 1 amide bonds. The second-order valence-electron chi connectivity index (χ2n) is 4.30. The quantitative estimate of drug-likeness (QED) is 0.734. The number of pyridine rings is 1. The van der Waals surface area contributed by atoms with E-state index in [9.17, 15) is 9.59 Å². The van der Waals surface area contributed by atoms with Gasteiger partial charge >= 0.3 is 5.97 Å². The van der Waals surface area contributed by atoms with Crippen molar-refractivity contribution in [1.29, 1.82) is 0 Å². The Morgan fingerprint density at radius 2 is 2.05 bits per heavy atom. The molecule has 0 aliphatic rings. The summed E-state index contributed by atoms with van der Waals surface area (Å²) in [5, 5.41) is 11.3. The molecule has 7 heteroatoms. The Bertz CT molecular complexity index is 686. The summed E-state index contributed by atoms with van der Waals surface area (Å²) in [7, 11) is 0. The largest absolute Gasteiger partial charge is 0.481 e. The molecule has 0 atom stereocenters. The number of rotatable bonds is 4. The molecule has 2 rings (SSSR count). The van der Waals surface area contributed by atoms with Gasteiger partial charge in [-0.1, -0.05) is 0 Å². The molecule has 0 saturated carbocycles. The Kier molecular flexibility index (Phi) is 4.54. The van der Waals surface area contributed by atoms with Crippen molar-refractivity contribution in [3.63, 3.8) is 0 Å². The van der Waals surface area contributed by atoms with Gasteiger partial charge < -0.3 is 16.2 Å². The molecule has 1 aromatic carbocycles. The van der Waals surface area contributed by atoms with Gasteiger partial charge in [-0.05, 0) is 46.3 Å². The predicted octanol–water partition coefficient (Wildman–Crippen LogP) is 2.31. The number of nitrogens with zero attached hydrogens (tertiary/aromatic N) is 1. The van der Waals surface area contributed by atoms with Gasteiger partial charge in [-0.25, -0.2) is 0 Å². The van der Waals surface area contributed by atoms with Crippen LogP contribution in [0.25, 0.3) is 0 Å². The summed E-state index contributed by atoms with van der Waals surface area (Å²) in [6.07, 6.45) is 1.27. The molecular weight excluding hydrogens is 338 g/mol. The van der Waals surface area contributed by atoms with Gasteiger partial charge in [0.15, 0.2) is 0 Å². The first-order chi connectivity index (χ1) is 9.95. The van der Waals surface area contributed by atoms with Crippen LogP contribution >= 0.6 is 15.9 Å². The highest BCUT2D eigenvalue weighted by molar-refractivity contribution is 9.10. The van der Waals surface area contributed by atoms with E-state index in [0.29, 0.717) is 27.1 Å². The van der Waals surface area contributed by atoms with Gasteiger partial charge in [0.2, 0.25) is 0 Å². The standard InChI is InChI=1S/C14H12BrN3O3/c15-11-5-8(1-4-12(11)16)14(21)18-10-3-2-9(17-7-10)6-13(19)20/h1-5,7H,6,16H2,(H,18,21)(H,19,20). The molecule has 0 aliphatic heterocycles. The molecule has 0 fully saturated rings. The maximum absolute atomic E-state index is 12.0. The molecule has 0 radical (unpaired) electrons. The lowest BCUT2D eigenvalue weighted by Crippen LogP contribution is -2.12. The maximum Gasteiger partial charge on any atom is 0.309 e. The second-order valence-corrected chi connectivity index (χ2v) is 5.15. The molecule has 108 valence electrons. The van der Waals surface area contributed by atoms with Crippen LogP contribution in [0.4, 0.5) is 11.4 Å². The van der Waals surface area contributed by atoms with Crippen molar-refractivity contribution < 1.29 is 14.7 Å². The number of hydrogen-bond donors (Lipinski definition) is 3. The number of carboxylic acids is 1. The first-order valence-electron chi connectivity index (χ1n) is 5.99. The molecular formula is C14H12BrN3O3. The lowest BCUT2D eigenvalue weighted by atomic mass is 10.2. The van der Waals surface area contributed by atoms with E-state index >= 15 is 0 Å². The minimum Gasteiger partial charge on any atom is -0.481 e. The number of aliphatic carboxylic acids is 1. The Labute approximate surface area is 129 Å². The van der Waals surface area contributed by atoms with Gasteiger partial charge in [-0.2, -0.15) is 0 Å². The SMILES string of the molecule is Nc1ccc(C(=O)Nc2ccc(CC(=O)O)nc2)cc1Br. The third kappa shape index (κ3) is 4.03. The van der Waals surface area contributed by atoms with Gasteiger partial charge in [0, 0.05) is 15.7 Å². The predicted molar refractivity (Wildman–Crippen MR) is 82.1 cm³/mol. The molecule has 1 heterocycles. The third-order valence-corrected chi connectivity index (χ3v) is 3.36. The fourth-order valence-corrected chi connectivity index (χ4v) is 2.01. The number of amides is 1. The number of halogens is 1. The summed E-state index contributed by atoms with van der Waals surface area (Å²) in [5.74, 6) is -1.26. The molecule has 21 heavy (non-hydrogen) atoms. The Morgan fingerprint density at radius 3 is 2.62 bits per heavy atom. The monoisotopic (exact) mass is 349 g/mol. The molecule has 6 nitrogen and oxygen atoms in total. The molecule has 1 aromatic heterocycles. The Balaban J connectivity index is 2.08. The summed E-state index contributed by atoms with van der Waals surface area (Å²) in [5.41, 5.74) is 7.57. The number of hydrogen-bond acceptors (Lipinski definition) is 4. The molecule has 0 unspecified atom stereocenters. The zero-order chi connectivity index (χ0) is 15.4. The van der Waals surface area contributed by atoms with Gasteiger partial charge in [0.05, 0.1) is 24.0 Å². The number of nitrogen functional groups attached to an aromatic ring is 1. The highest BCUT2D eigenvalue weighted by Crippen LogP contribution is 2.21. The van der Waals surface area contributed by atoms with E-state index in [-0.39, 0.29) is 12.3 Å². The number of anilines is 2. The minimum absolute atomic E-state index is 0.154. The van der Waals surface area contributed by atoms with Crippen molar-refractivity contribution in [2.45, 2.75) is 6.42 Å². The van der Waals surface area contributed by atoms with Gasteiger partial charge in [0.25, 0.3) is 5.91 Å². The highest BCUT2D eigenvalue weighted by Gasteiger charge is 2.09. The summed E-state index contributed by atoms with van der Waals surface area (Å²) in [4.78, 5) is 26.6. The van der Waals surface area contributed by atoms with E-state index in [2.05, 4.69) is 26.2 Å². The van der Waals surface area contributed by atoms with E-state index in [0.717, 1.165) is 0 Å². The lowest BCUT2D eigenvalue weighted by Gasteiger charge is -2.07. The lowest BCUT2D eigenvalue weighted by molar-refractivity contribution is -0.136. The van der Waals surface area contributed by atoms with Crippen LogP contribution in [-0.4, -0.2) is 22.0 Å². The second kappa shape index (κ2) is 6.36. The number of carbonyl (C=O) groups is 2. The van der Waals surface area contributed by atoms with Gasteiger partial charge in [-0.15, -0.1) is 0 Å². The smallest absolute Gasteiger partial charge is 0.309 e. The van der Waals surface area contributed by atoms with Crippen LogP contribution in [0.3, 0.4) is 0 Å². The number of nitrogens with two attached hydrogens (primary N) is 1. The number of nitrogens with one attached hydrogen (secondary N) is 1. The van der Waals surface area contributed by atoms with Crippen molar-refractivity contribution >= 4 is 39.2 Å². The average Bonchev–Trinajstić information content (AvgIpc) is 2.43. The van der Waals surface area contributed by atoms with E-state index in [4.69, 9.17) is 10.8 Å². The van der Waals surface area contributed by atoms with Crippen LogP contribution in [-0.2, 0) is 11.2 Å². The van der Waals surface area contributed by atoms with Gasteiger partial charge in [0.1, 0.15) is 0 Å². The van der Waals surface area contributed by atoms with Crippen LogP contribution in [0.5, 0.6) is 0 Å². The van der Waals surface area contributed by atoms with Crippen LogP contribution in [0.2, 0.25) is 0 Å². The maximum atomic E-state index is 12.0.